The maximum atomic E-state index is 2.46. The van der Waals surface area contributed by atoms with E-state index in [1.54, 1.807) is 5.57 Å². The molecule has 0 saturated carbocycles. The van der Waals surface area contributed by atoms with E-state index in [0.29, 0.717) is 0 Å². The Kier molecular flexibility index (Phi) is 4.42. The molecular formula is C17H24. The lowest BCUT2D eigenvalue weighted by Crippen LogP contribution is -2.03. The zero-order valence-corrected chi connectivity index (χ0v) is 11.2. The van der Waals surface area contributed by atoms with Gasteiger partial charge in [0.1, 0.15) is 0 Å². The lowest BCUT2D eigenvalue weighted by Gasteiger charge is -2.20. The fraction of sp³-hybridized carbons (Fsp3) is 0.529. The number of benzene rings is 1. The Bertz CT molecular complexity index is 370. The molecule has 1 atom stereocenters. The first-order valence-electron chi connectivity index (χ1n) is 7.11. The van der Waals surface area contributed by atoms with E-state index in [1.807, 2.05) is 0 Å². The highest BCUT2D eigenvalue weighted by atomic mass is 14.2. The zero-order chi connectivity index (χ0) is 12.1. The minimum absolute atomic E-state index is 0.929. The van der Waals surface area contributed by atoms with Gasteiger partial charge in [0.05, 0.1) is 0 Å². The van der Waals surface area contributed by atoms with Gasteiger partial charge in [-0.25, -0.2) is 0 Å². The molecule has 0 N–H and O–H groups in total. The first-order chi connectivity index (χ1) is 8.33. The van der Waals surface area contributed by atoms with Crippen LogP contribution in [0.4, 0.5) is 0 Å². The number of aryl methyl sites for hydroxylation is 1. The van der Waals surface area contributed by atoms with E-state index in [1.165, 1.54) is 49.7 Å². The SMILES string of the molecule is CCCc1ccc(C2=CCC(CC)CC2)cc1. The van der Waals surface area contributed by atoms with Crippen LogP contribution in [-0.2, 0) is 6.42 Å². The Hall–Kier alpha value is -1.04. The second-order valence-corrected chi connectivity index (χ2v) is 5.22. The second kappa shape index (κ2) is 6.05. The van der Waals surface area contributed by atoms with Crippen molar-refractivity contribution in [1.29, 1.82) is 0 Å². The zero-order valence-electron chi connectivity index (χ0n) is 11.2. The molecule has 1 aliphatic carbocycles. The molecule has 0 spiro atoms. The first-order valence-corrected chi connectivity index (χ1v) is 7.11. The Balaban J connectivity index is 2.05. The third-order valence-electron chi connectivity index (χ3n) is 3.96. The Morgan fingerprint density at radius 2 is 1.88 bits per heavy atom. The van der Waals surface area contributed by atoms with Crippen molar-refractivity contribution in [3.05, 3.63) is 41.5 Å². The Morgan fingerprint density at radius 1 is 1.12 bits per heavy atom. The molecule has 0 nitrogen and oxygen atoms in total. The third kappa shape index (κ3) is 3.21. The molecule has 0 radical (unpaired) electrons. The number of hydrogen-bond donors (Lipinski definition) is 0. The summed E-state index contributed by atoms with van der Waals surface area (Å²) < 4.78 is 0. The van der Waals surface area contributed by atoms with E-state index in [-0.39, 0.29) is 0 Å². The van der Waals surface area contributed by atoms with Crippen LogP contribution in [0.1, 0.15) is 57.1 Å². The van der Waals surface area contributed by atoms with Crippen LogP contribution in [-0.4, -0.2) is 0 Å². The van der Waals surface area contributed by atoms with Gasteiger partial charge in [0.15, 0.2) is 0 Å². The van der Waals surface area contributed by atoms with Gasteiger partial charge in [-0.3, -0.25) is 0 Å². The van der Waals surface area contributed by atoms with Crippen molar-refractivity contribution in [3.63, 3.8) is 0 Å². The average Bonchev–Trinajstić information content (AvgIpc) is 2.40. The lowest BCUT2D eigenvalue weighted by atomic mass is 9.85. The molecule has 0 amide bonds. The van der Waals surface area contributed by atoms with Crippen LogP contribution in [0, 0.1) is 5.92 Å². The number of hydrogen-bond acceptors (Lipinski definition) is 0. The highest BCUT2D eigenvalue weighted by molar-refractivity contribution is 5.66. The number of rotatable bonds is 4. The van der Waals surface area contributed by atoms with Gasteiger partial charge in [-0.1, -0.05) is 57.0 Å². The summed E-state index contributed by atoms with van der Waals surface area (Å²) in [6, 6.07) is 9.21. The van der Waals surface area contributed by atoms with E-state index < -0.39 is 0 Å². The normalized spacial score (nSPS) is 20.1. The molecule has 0 aliphatic heterocycles. The molecule has 92 valence electrons. The third-order valence-corrected chi connectivity index (χ3v) is 3.96. The molecule has 0 saturated heterocycles. The molecule has 0 fully saturated rings. The highest BCUT2D eigenvalue weighted by Gasteiger charge is 2.13. The largest absolute Gasteiger partial charge is 0.0804 e. The van der Waals surface area contributed by atoms with E-state index in [0.717, 1.165) is 5.92 Å². The van der Waals surface area contributed by atoms with Gasteiger partial charge in [-0.2, -0.15) is 0 Å². The summed E-state index contributed by atoms with van der Waals surface area (Å²) in [5.74, 6) is 0.929. The van der Waals surface area contributed by atoms with Crippen molar-refractivity contribution in [1.82, 2.24) is 0 Å². The Labute approximate surface area is 106 Å². The van der Waals surface area contributed by atoms with E-state index in [4.69, 9.17) is 0 Å². The van der Waals surface area contributed by atoms with Crippen LogP contribution in [0.25, 0.3) is 5.57 Å². The van der Waals surface area contributed by atoms with E-state index >= 15 is 0 Å². The van der Waals surface area contributed by atoms with Crippen molar-refractivity contribution >= 4 is 5.57 Å². The van der Waals surface area contributed by atoms with E-state index in [2.05, 4.69) is 44.2 Å². The summed E-state index contributed by atoms with van der Waals surface area (Å²) in [4.78, 5) is 0. The van der Waals surface area contributed by atoms with Crippen molar-refractivity contribution < 1.29 is 0 Å². The van der Waals surface area contributed by atoms with Crippen LogP contribution in [0.5, 0.6) is 0 Å². The molecule has 0 bridgehead atoms. The molecule has 0 heterocycles. The van der Waals surface area contributed by atoms with Crippen LogP contribution in [0.15, 0.2) is 30.3 Å². The van der Waals surface area contributed by atoms with Crippen molar-refractivity contribution in [3.8, 4) is 0 Å². The topological polar surface area (TPSA) is 0 Å². The van der Waals surface area contributed by atoms with Gasteiger partial charge < -0.3 is 0 Å². The van der Waals surface area contributed by atoms with Gasteiger partial charge in [0.25, 0.3) is 0 Å². The smallest absolute Gasteiger partial charge is 0.0228 e. The summed E-state index contributed by atoms with van der Waals surface area (Å²) in [6.45, 7) is 4.55. The lowest BCUT2D eigenvalue weighted by molar-refractivity contribution is 0.471. The molecule has 2 rings (SSSR count). The monoisotopic (exact) mass is 228 g/mol. The minimum Gasteiger partial charge on any atom is -0.0804 e. The van der Waals surface area contributed by atoms with Gasteiger partial charge >= 0.3 is 0 Å². The summed E-state index contributed by atoms with van der Waals surface area (Å²) >= 11 is 0. The molecular weight excluding hydrogens is 204 g/mol. The summed E-state index contributed by atoms with van der Waals surface area (Å²) in [5.41, 5.74) is 4.48. The molecule has 1 aromatic carbocycles. The van der Waals surface area contributed by atoms with Gasteiger partial charge in [-0.15, -0.1) is 0 Å². The van der Waals surface area contributed by atoms with E-state index in [9.17, 15) is 0 Å². The van der Waals surface area contributed by atoms with Crippen molar-refractivity contribution in [2.45, 2.75) is 52.4 Å². The molecule has 0 heteroatoms. The molecule has 1 unspecified atom stereocenters. The molecule has 1 aliphatic rings. The van der Waals surface area contributed by atoms with Crippen LogP contribution >= 0.6 is 0 Å². The quantitative estimate of drug-likeness (QED) is 0.661. The second-order valence-electron chi connectivity index (χ2n) is 5.22. The molecule has 0 aromatic heterocycles. The van der Waals surface area contributed by atoms with Crippen LogP contribution < -0.4 is 0 Å². The van der Waals surface area contributed by atoms with Crippen molar-refractivity contribution in [2.75, 3.05) is 0 Å². The first kappa shape index (κ1) is 12.4. The summed E-state index contributed by atoms with van der Waals surface area (Å²) in [7, 11) is 0. The molecule has 1 aromatic rings. The maximum Gasteiger partial charge on any atom is -0.0228 e. The summed E-state index contributed by atoms with van der Waals surface area (Å²) in [5, 5.41) is 0. The van der Waals surface area contributed by atoms with Crippen LogP contribution in [0.3, 0.4) is 0 Å². The maximum absolute atomic E-state index is 2.46. The fourth-order valence-electron chi connectivity index (χ4n) is 2.70. The van der Waals surface area contributed by atoms with Gasteiger partial charge in [0, 0.05) is 0 Å². The average molecular weight is 228 g/mol. The Morgan fingerprint density at radius 3 is 2.41 bits per heavy atom. The summed E-state index contributed by atoms with van der Waals surface area (Å²) in [6.07, 6.45) is 10.2. The number of allylic oxidation sites excluding steroid dienone is 2. The van der Waals surface area contributed by atoms with Crippen LogP contribution in [0.2, 0.25) is 0 Å². The van der Waals surface area contributed by atoms with Gasteiger partial charge in [0.2, 0.25) is 0 Å². The predicted molar refractivity (Wildman–Crippen MR) is 76.0 cm³/mol. The van der Waals surface area contributed by atoms with Crippen molar-refractivity contribution in [2.24, 2.45) is 5.92 Å². The highest BCUT2D eigenvalue weighted by Crippen LogP contribution is 2.31. The van der Waals surface area contributed by atoms with Gasteiger partial charge in [-0.05, 0) is 48.3 Å². The minimum atomic E-state index is 0.929. The standard InChI is InChI=1S/C17H24/c1-3-5-15-8-12-17(13-9-15)16-10-6-14(4-2)7-11-16/h8-10,12-14H,3-7,11H2,1-2H3. The molecule has 17 heavy (non-hydrogen) atoms. The predicted octanol–water partition coefficient (Wildman–Crippen LogP) is 5.23. The fourth-order valence-corrected chi connectivity index (χ4v) is 2.70.